The third-order valence-corrected chi connectivity index (χ3v) is 6.90. The van der Waals surface area contributed by atoms with Crippen molar-refractivity contribution >= 4 is 29.2 Å². The number of carboxylic acids is 2. The fourth-order valence-electron chi connectivity index (χ4n) is 4.82. The summed E-state index contributed by atoms with van der Waals surface area (Å²) in [5.74, 6) is -0.667. The maximum absolute atomic E-state index is 12.9. The highest BCUT2D eigenvalue weighted by molar-refractivity contribution is 6.31. The molecule has 37 heavy (non-hydrogen) atoms. The fraction of sp³-hybridized carbons (Fsp3) is 0.259. The number of carbonyl (C=O) groups is 2. The van der Waals surface area contributed by atoms with Gasteiger partial charge in [0.15, 0.2) is 11.5 Å². The monoisotopic (exact) mass is 525 g/mol. The molecule has 1 unspecified atom stereocenters. The average molecular weight is 526 g/mol. The van der Waals surface area contributed by atoms with E-state index >= 15 is 0 Å². The first-order chi connectivity index (χ1) is 17.8. The molecular formula is C27H24ClNO8. The van der Waals surface area contributed by atoms with E-state index in [1.807, 2.05) is 42.5 Å². The zero-order chi connectivity index (χ0) is 26.2. The summed E-state index contributed by atoms with van der Waals surface area (Å²) in [6.07, 6.45) is -0.364. The third-order valence-electron chi connectivity index (χ3n) is 6.55. The summed E-state index contributed by atoms with van der Waals surface area (Å²) in [7, 11) is 1.58. The SMILES string of the molecule is COc1ccccc1-c1cccc2c1CC(OCCC(=O)O)(C(=O)O)N2Cc1cc2c(cc1Cl)OCO2. The molecule has 3 aromatic rings. The molecule has 0 spiro atoms. The second kappa shape index (κ2) is 9.84. The van der Waals surface area contributed by atoms with Crippen molar-refractivity contribution in [1.29, 1.82) is 0 Å². The Labute approximate surface area is 217 Å². The highest BCUT2D eigenvalue weighted by Gasteiger charge is 2.52. The summed E-state index contributed by atoms with van der Waals surface area (Å²) in [4.78, 5) is 25.7. The molecule has 3 aromatic carbocycles. The Morgan fingerprint density at radius 3 is 2.51 bits per heavy atom. The van der Waals surface area contributed by atoms with Gasteiger partial charge in [-0.2, -0.15) is 0 Å². The van der Waals surface area contributed by atoms with Gasteiger partial charge in [0.05, 0.1) is 20.1 Å². The van der Waals surface area contributed by atoms with Crippen LogP contribution in [0.1, 0.15) is 17.5 Å². The van der Waals surface area contributed by atoms with E-state index in [1.165, 1.54) is 0 Å². The molecule has 2 N–H and O–H groups in total. The molecule has 1 atom stereocenters. The predicted molar refractivity (Wildman–Crippen MR) is 134 cm³/mol. The zero-order valence-electron chi connectivity index (χ0n) is 19.9. The number of rotatable bonds is 9. The second-order valence-electron chi connectivity index (χ2n) is 8.65. The lowest BCUT2D eigenvalue weighted by Crippen LogP contribution is -2.55. The van der Waals surface area contributed by atoms with Crippen LogP contribution in [0.2, 0.25) is 5.02 Å². The van der Waals surface area contributed by atoms with Gasteiger partial charge in [-0.15, -0.1) is 0 Å². The first-order valence-electron chi connectivity index (χ1n) is 11.5. The van der Waals surface area contributed by atoms with E-state index in [-0.39, 0.29) is 32.8 Å². The van der Waals surface area contributed by atoms with Crippen molar-refractivity contribution in [3.63, 3.8) is 0 Å². The molecule has 0 aliphatic carbocycles. The molecule has 0 fully saturated rings. The topological polar surface area (TPSA) is 115 Å². The van der Waals surface area contributed by atoms with Gasteiger partial charge >= 0.3 is 11.9 Å². The van der Waals surface area contributed by atoms with Crippen molar-refractivity contribution in [2.24, 2.45) is 0 Å². The molecule has 0 bridgehead atoms. The van der Waals surface area contributed by atoms with Crippen LogP contribution in [-0.4, -0.2) is 48.4 Å². The number of hydrogen-bond donors (Lipinski definition) is 2. The average Bonchev–Trinajstić information content (AvgIpc) is 3.46. The second-order valence-corrected chi connectivity index (χ2v) is 9.05. The largest absolute Gasteiger partial charge is 0.496 e. The normalized spacial score (nSPS) is 17.5. The number of halogens is 1. The number of anilines is 1. The molecule has 0 aromatic heterocycles. The lowest BCUT2D eigenvalue weighted by Gasteiger charge is -2.36. The summed E-state index contributed by atoms with van der Waals surface area (Å²) in [5, 5.41) is 20.1. The third kappa shape index (κ3) is 4.41. The van der Waals surface area contributed by atoms with E-state index in [0.29, 0.717) is 33.5 Å². The Morgan fingerprint density at radius 1 is 1.05 bits per heavy atom. The molecule has 0 radical (unpaired) electrons. The minimum atomic E-state index is -1.87. The number of ether oxygens (including phenoxy) is 4. The van der Waals surface area contributed by atoms with Crippen molar-refractivity contribution in [3.8, 4) is 28.4 Å². The number of fused-ring (bicyclic) bond motifs is 2. The molecule has 0 amide bonds. The molecule has 0 saturated carbocycles. The number of hydrogen-bond acceptors (Lipinski definition) is 7. The Bertz CT molecular complexity index is 1380. The summed E-state index contributed by atoms with van der Waals surface area (Å²) in [6.45, 7) is -0.149. The standard InChI is InChI=1S/C27H24ClNO8/c1-34-22-8-3-2-5-18(22)17-6-4-7-21-19(17)13-27(26(32)33,37-10-9-25(30)31)29(21)14-16-11-23-24(12-20(16)28)36-15-35-23/h2-8,11-12H,9-10,13-15H2,1H3,(H,30,31)(H,32,33). The van der Waals surface area contributed by atoms with Gasteiger partial charge in [-0.1, -0.05) is 41.9 Å². The van der Waals surface area contributed by atoms with Crippen LogP contribution in [0.5, 0.6) is 17.2 Å². The molecular weight excluding hydrogens is 502 g/mol. The smallest absolute Gasteiger partial charge is 0.357 e. The van der Waals surface area contributed by atoms with Gasteiger partial charge in [-0.3, -0.25) is 4.79 Å². The summed E-state index contributed by atoms with van der Waals surface area (Å²) < 4.78 is 22.4. The van der Waals surface area contributed by atoms with E-state index in [0.717, 1.165) is 16.7 Å². The number of benzene rings is 3. The summed E-state index contributed by atoms with van der Waals surface area (Å²) >= 11 is 6.55. The first-order valence-corrected chi connectivity index (χ1v) is 11.9. The maximum atomic E-state index is 12.9. The van der Waals surface area contributed by atoms with E-state index in [4.69, 9.17) is 35.7 Å². The molecule has 9 nitrogen and oxygen atoms in total. The predicted octanol–water partition coefficient (Wildman–Crippen LogP) is 4.58. The molecule has 2 heterocycles. The van der Waals surface area contributed by atoms with Crippen LogP contribution >= 0.6 is 11.6 Å². The van der Waals surface area contributed by atoms with Crippen LogP contribution in [-0.2, 0) is 27.3 Å². The number of nitrogens with zero attached hydrogens (tertiary/aromatic N) is 1. The van der Waals surface area contributed by atoms with Crippen molar-refractivity contribution in [2.45, 2.75) is 25.1 Å². The highest BCUT2D eigenvalue weighted by Crippen LogP contribution is 2.48. The van der Waals surface area contributed by atoms with Gasteiger partial charge in [0.25, 0.3) is 0 Å². The van der Waals surface area contributed by atoms with Crippen LogP contribution in [0.25, 0.3) is 11.1 Å². The van der Waals surface area contributed by atoms with Crippen LogP contribution in [0.4, 0.5) is 5.69 Å². The summed E-state index contributed by atoms with van der Waals surface area (Å²) in [5.41, 5.74) is 1.71. The molecule has 2 aliphatic heterocycles. The van der Waals surface area contributed by atoms with Crippen molar-refractivity contribution in [1.82, 2.24) is 0 Å². The van der Waals surface area contributed by atoms with Gasteiger partial charge < -0.3 is 34.1 Å². The summed E-state index contributed by atoms with van der Waals surface area (Å²) in [6, 6.07) is 16.4. The number of para-hydroxylation sites is 1. The molecule has 192 valence electrons. The van der Waals surface area contributed by atoms with Crippen LogP contribution in [0.15, 0.2) is 54.6 Å². The van der Waals surface area contributed by atoms with E-state index in [1.54, 1.807) is 24.1 Å². The minimum Gasteiger partial charge on any atom is -0.496 e. The lowest BCUT2D eigenvalue weighted by atomic mass is 9.95. The molecule has 5 rings (SSSR count). The minimum absolute atomic E-state index is 0.0202. The van der Waals surface area contributed by atoms with Crippen LogP contribution in [0, 0.1) is 0 Å². The number of carboxylic acid groups (broad SMARTS) is 2. The van der Waals surface area contributed by atoms with Gasteiger partial charge in [0, 0.05) is 35.3 Å². The number of methoxy groups -OCH3 is 1. The van der Waals surface area contributed by atoms with Crippen LogP contribution in [0.3, 0.4) is 0 Å². The van der Waals surface area contributed by atoms with E-state index in [2.05, 4.69) is 0 Å². The Morgan fingerprint density at radius 2 is 1.78 bits per heavy atom. The fourth-order valence-corrected chi connectivity index (χ4v) is 5.03. The molecule has 2 aliphatic rings. The van der Waals surface area contributed by atoms with Crippen molar-refractivity contribution in [3.05, 3.63) is 70.7 Å². The quantitative estimate of drug-likeness (QED) is 0.414. The molecule has 0 saturated heterocycles. The van der Waals surface area contributed by atoms with E-state index < -0.39 is 17.7 Å². The Hall–Kier alpha value is -3.95. The maximum Gasteiger partial charge on any atom is 0.357 e. The van der Waals surface area contributed by atoms with Gasteiger partial charge in [-0.05, 0) is 34.9 Å². The van der Waals surface area contributed by atoms with Crippen molar-refractivity contribution in [2.75, 3.05) is 25.4 Å². The van der Waals surface area contributed by atoms with Gasteiger partial charge in [0.1, 0.15) is 5.75 Å². The Kier molecular flexibility index (Phi) is 6.57. The first kappa shape index (κ1) is 24.7. The molecule has 10 heteroatoms. The Balaban J connectivity index is 1.64. The van der Waals surface area contributed by atoms with Gasteiger partial charge in [-0.25, -0.2) is 4.79 Å². The highest BCUT2D eigenvalue weighted by atomic mass is 35.5. The zero-order valence-corrected chi connectivity index (χ0v) is 20.7. The van der Waals surface area contributed by atoms with Crippen molar-refractivity contribution < 1.29 is 38.7 Å². The lowest BCUT2D eigenvalue weighted by molar-refractivity contribution is -0.167. The number of aliphatic carboxylic acids is 2. The van der Waals surface area contributed by atoms with Gasteiger partial charge in [0.2, 0.25) is 12.5 Å². The van der Waals surface area contributed by atoms with E-state index in [9.17, 15) is 14.7 Å². The van der Waals surface area contributed by atoms with Crippen LogP contribution < -0.4 is 19.1 Å².